The molecule has 0 aromatic heterocycles. The third-order valence-electron chi connectivity index (χ3n) is 4.36. The molecule has 1 fully saturated rings. The second kappa shape index (κ2) is 7.56. The zero-order valence-electron chi connectivity index (χ0n) is 12.5. The van der Waals surface area contributed by atoms with Crippen molar-refractivity contribution in [2.45, 2.75) is 52.0 Å². The largest absolute Gasteiger partial charge is 0.310 e. The molecule has 2 rings (SSSR count). The van der Waals surface area contributed by atoms with Crippen LogP contribution < -0.4 is 5.32 Å². The van der Waals surface area contributed by atoms with Gasteiger partial charge in [-0.05, 0) is 49.8 Å². The zero-order chi connectivity index (χ0) is 14.5. The van der Waals surface area contributed by atoms with E-state index in [9.17, 15) is 4.39 Å². The number of benzene rings is 1. The molecule has 0 spiro atoms. The Morgan fingerprint density at radius 3 is 2.85 bits per heavy atom. The first-order valence-electron chi connectivity index (χ1n) is 7.80. The molecule has 0 heterocycles. The highest BCUT2D eigenvalue weighted by molar-refractivity contribution is 9.10. The highest BCUT2D eigenvalue weighted by Gasteiger charge is 2.29. The van der Waals surface area contributed by atoms with Crippen LogP contribution in [0, 0.1) is 17.7 Å². The van der Waals surface area contributed by atoms with E-state index < -0.39 is 0 Å². The molecule has 1 N–H and O–H groups in total. The number of hydrogen-bond acceptors (Lipinski definition) is 1. The van der Waals surface area contributed by atoms with E-state index in [0.717, 1.165) is 28.9 Å². The minimum absolute atomic E-state index is 0.0915. The Balaban J connectivity index is 2.21. The van der Waals surface area contributed by atoms with Crippen LogP contribution in [0.4, 0.5) is 4.39 Å². The van der Waals surface area contributed by atoms with Crippen LogP contribution in [0.5, 0.6) is 0 Å². The summed E-state index contributed by atoms with van der Waals surface area (Å²) in [5.74, 6) is 1.23. The first kappa shape index (κ1) is 16.0. The maximum atomic E-state index is 14.3. The SMILES string of the molecule is CCCNC(c1ccc(Br)cc1F)C1CCCC(C)C1. The Labute approximate surface area is 130 Å². The minimum atomic E-state index is -0.0915. The van der Waals surface area contributed by atoms with Gasteiger partial charge in [-0.2, -0.15) is 0 Å². The molecule has 1 saturated carbocycles. The van der Waals surface area contributed by atoms with Gasteiger partial charge in [0.2, 0.25) is 0 Å². The van der Waals surface area contributed by atoms with Gasteiger partial charge in [0.05, 0.1) is 0 Å². The summed E-state index contributed by atoms with van der Waals surface area (Å²) in [6.07, 6.45) is 6.09. The molecule has 3 unspecified atom stereocenters. The van der Waals surface area contributed by atoms with E-state index in [1.807, 2.05) is 12.1 Å². The fraction of sp³-hybridized carbons (Fsp3) is 0.647. The molecular weight excluding hydrogens is 317 g/mol. The van der Waals surface area contributed by atoms with Crippen LogP contribution in [-0.4, -0.2) is 6.54 Å². The summed E-state index contributed by atoms with van der Waals surface area (Å²) in [5.41, 5.74) is 0.834. The first-order valence-corrected chi connectivity index (χ1v) is 8.59. The fourth-order valence-corrected chi connectivity index (χ4v) is 3.70. The normalized spacial score (nSPS) is 24.6. The van der Waals surface area contributed by atoms with Crippen molar-refractivity contribution in [3.63, 3.8) is 0 Å². The maximum absolute atomic E-state index is 14.3. The molecular formula is C17H25BrFN. The van der Waals surface area contributed by atoms with Crippen molar-refractivity contribution in [3.05, 3.63) is 34.1 Å². The molecule has 1 aromatic carbocycles. The van der Waals surface area contributed by atoms with Crippen LogP contribution in [0.1, 0.15) is 57.6 Å². The quantitative estimate of drug-likeness (QED) is 0.750. The van der Waals surface area contributed by atoms with Crippen LogP contribution >= 0.6 is 15.9 Å². The highest BCUT2D eigenvalue weighted by Crippen LogP contribution is 2.38. The van der Waals surface area contributed by atoms with E-state index in [1.54, 1.807) is 6.07 Å². The molecule has 1 aromatic rings. The molecule has 1 aliphatic rings. The Bertz CT molecular complexity index is 435. The second-order valence-electron chi connectivity index (χ2n) is 6.13. The van der Waals surface area contributed by atoms with Gasteiger partial charge in [-0.3, -0.25) is 0 Å². The standard InChI is InChI=1S/C17H25BrFN/c1-3-9-20-17(13-6-4-5-12(2)10-13)15-8-7-14(18)11-16(15)19/h7-8,11-13,17,20H,3-6,9-10H2,1-2H3. The fourth-order valence-electron chi connectivity index (χ4n) is 3.37. The lowest BCUT2D eigenvalue weighted by Gasteiger charge is -2.34. The molecule has 0 radical (unpaired) electrons. The summed E-state index contributed by atoms with van der Waals surface area (Å²) < 4.78 is 15.1. The lowest BCUT2D eigenvalue weighted by atomic mass is 9.76. The van der Waals surface area contributed by atoms with E-state index in [2.05, 4.69) is 35.1 Å². The van der Waals surface area contributed by atoms with E-state index in [-0.39, 0.29) is 11.9 Å². The highest BCUT2D eigenvalue weighted by atomic mass is 79.9. The van der Waals surface area contributed by atoms with Gasteiger partial charge in [0, 0.05) is 16.1 Å². The van der Waals surface area contributed by atoms with Gasteiger partial charge in [0.1, 0.15) is 5.82 Å². The second-order valence-corrected chi connectivity index (χ2v) is 7.05. The van der Waals surface area contributed by atoms with Crippen LogP contribution in [0.2, 0.25) is 0 Å². The number of hydrogen-bond donors (Lipinski definition) is 1. The third-order valence-corrected chi connectivity index (χ3v) is 4.85. The van der Waals surface area contributed by atoms with Crippen molar-refractivity contribution in [2.75, 3.05) is 6.54 Å². The smallest absolute Gasteiger partial charge is 0.129 e. The van der Waals surface area contributed by atoms with Crippen molar-refractivity contribution < 1.29 is 4.39 Å². The molecule has 1 aliphatic carbocycles. The average molecular weight is 342 g/mol. The van der Waals surface area contributed by atoms with Gasteiger partial charge in [-0.1, -0.05) is 48.7 Å². The van der Waals surface area contributed by atoms with Gasteiger partial charge in [0.25, 0.3) is 0 Å². The molecule has 0 bridgehead atoms. The summed E-state index contributed by atoms with van der Waals surface area (Å²) in [5, 5.41) is 3.58. The number of halogens is 2. The summed E-state index contributed by atoms with van der Waals surface area (Å²) in [6.45, 7) is 5.43. The molecule has 3 heteroatoms. The van der Waals surface area contributed by atoms with Gasteiger partial charge >= 0.3 is 0 Å². The summed E-state index contributed by atoms with van der Waals surface area (Å²) in [6, 6.07) is 5.63. The van der Waals surface area contributed by atoms with E-state index in [0.29, 0.717) is 5.92 Å². The Hall–Kier alpha value is -0.410. The molecule has 0 saturated heterocycles. The molecule has 20 heavy (non-hydrogen) atoms. The minimum Gasteiger partial charge on any atom is -0.310 e. The topological polar surface area (TPSA) is 12.0 Å². The lowest BCUT2D eigenvalue weighted by Crippen LogP contribution is -2.32. The predicted octanol–water partition coefficient (Wildman–Crippen LogP) is 5.46. The number of nitrogens with one attached hydrogen (secondary N) is 1. The molecule has 3 atom stereocenters. The molecule has 112 valence electrons. The summed E-state index contributed by atoms with van der Waals surface area (Å²) in [4.78, 5) is 0. The average Bonchev–Trinajstić information content (AvgIpc) is 2.41. The van der Waals surface area contributed by atoms with E-state index in [1.165, 1.54) is 25.7 Å². The summed E-state index contributed by atoms with van der Waals surface area (Å²) >= 11 is 3.34. The molecule has 0 amide bonds. The van der Waals surface area contributed by atoms with Crippen molar-refractivity contribution in [2.24, 2.45) is 11.8 Å². The third kappa shape index (κ3) is 4.05. The molecule has 1 nitrogen and oxygen atoms in total. The van der Waals surface area contributed by atoms with Gasteiger partial charge in [-0.15, -0.1) is 0 Å². The number of rotatable bonds is 5. The zero-order valence-corrected chi connectivity index (χ0v) is 14.0. The lowest BCUT2D eigenvalue weighted by molar-refractivity contribution is 0.221. The van der Waals surface area contributed by atoms with Crippen LogP contribution in [0.25, 0.3) is 0 Å². The van der Waals surface area contributed by atoms with E-state index >= 15 is 0 Å². The van der Waals surface area contributed by atoms with Gasteiger partial charge in [-0.25, -0.2) is 4.39 Å². The van der Waals surface area contributed by atoms with Gasteiger partial charge in [0.15, 0.2) is 0 Å². The van der Waals surface area contributed by atoms with Crippen LogP contribution in [0.3, 0.4) is 0 Å². The van der Waals surface area contributed by atoms with Crippen LogP contribution in [0.15, 0.2) is 22.7 Å². The van der Waals surface area contributed by atoms with E-state index in [4.69, 9.17) is 0 Å². The Morgan fingerprint density at radius 2 is 2.20 bits per heavy atom. The van der Waals surface area contributed by atoms with Crippen LogP contribution in [-0.2, 0) is 0 Å². The first-order chi connectivity index (χ1) is 9.61. The van der Waals surface area contributed by atoms with Crippen molar-refractivity contribution >= 4 is 15.9 Å². The summed E-state index contributed by atoms with van der Waals surface area (Å²) in [7, 11) is 0. The van der Waals surface area contributed by atoms with Gasteiger partial charge < -0.3 is 5.32 Å². The monoisotopic (exact) mass is 341 g/mol. The predicted molar refractivity (Wildman–Crippen MR) is 86.3 cm³/mol. The maximum Gasteiger partial charge on any atom is 0.129 e. The Morgan fingerprint density at radius 1 is 1.40 bits per heavy atom. The Kier molecular flexibility index (Phi) is 6.03. The molecule has 0 aliphatic heterocycles. The van der Waals surface area contributed by atoms with Crippen molar-refractivity contribution in [1.29, 1.82) is 0 Å². The van der Waals surface area contributed by atoms with Crippen molar-refractivity contribution in [1.82, 2.24) is 5.32 Å². The van der Waals surface area contributed by atoms with Crippen molar-refractivity contribution in [3.8, 4) is 0 Å².